The van der Waals surface area contributed by atoms with Crippen LogP contribution in [-0.2, 0) is 21.3 Å². The van der Waals surface area contributed by atoms with Crippen LogP contribution in [0, 0.1) is 12.8 Å². The van der Waals surface area contributed by atoms with Crippen molar-refractivity contribution in [3.8, 4) is 16.9 Å². The Morgan fingerprint density at radius 2 is 2.09 bits per heavy atom. The SMILES string of the molecule is Cc1c2c(O[C@H](C)[C@@H]3CCC(=O)C3)cc(-c3cnn([C@H]4CO[C@@H]5CCCO[C@@H]54)c3)cc2nn1C. The summed E-state index contributed by atoms with van der Waals surface area (Å²) < 4.78 is 22.4. The van der Waals surface area contributed by atoms with Crippen molar-refractivity contribution in [2.24, 2.45) is 13.0 Å². The summed E-state index contributed by atoms with van der Waals surface area (Å²) in [6, 6.07) is 4.29. The minimum Gasteiger partial charge on any atom is -0.490 e. The van der Waals surface area contributed by atoms with Crippen molar-refractivity contribution < 1.29 is 19.0 Å². The number of hydrogen-bond acceptors (Lipinski definition) is 6. The average Bonchev–Trinajstić information content (AvgIpc) is 3.60. The summed E-state index contributed by atoms with van der Waals surface area (Å²) in [5.41, 5.74) is 3.99. The molecule has 0 radical (unpaired) electrons. The summed E-state index contributed by atoms with van der Waals surface area (Å²) >= 11 is 0. The molecule has 8 nitrogen and oxygen atoms in total. The van der Waals surface area contributed by atoms with Gasteiger partial charge in [0.15, 0.2) is 0 Å². The fourth-order valence-electron chi connectivity index (χ4n) is 5.77. The molecule has 4 heterocycles. The Kier molecular flexibility index (Phi) is 5.45. The van der Waals surface area contributed by atoms with E-state index >= 15 is 0 Å². The molecule has 0 N–H and O–H groups in total. The fraction of sp³-hybridized carbons (Fsp3) is 0.577. The van der Waals surface area contributed by atoms with E-state index in [0.29, 0.717) is 25.2 Å². The van der Waals surface area contributed by atoms with E-state index in [9.17, 15) is 4.79 Å². The third-order valence-corrected chi connectivity index (χ3v) is 7.89. The summed E-state index contributed by atoms with van der Waals surface area (Å²) in [4.78, 5) is 11.8. The maximum atomic E-state index is 11.8. The molecule has 1 saturated carbocycles. The fourth-order valence-corrected chi connectivity index (χ4v) is 5.77. The number of fused-ring (bicyclic) bond motifs is 2. The van der Waals surface area contributed by atoms with Crippen molar-refractivity contribution in [3.63, 3.8) is 0 Å². The van der Waals surface area contributed by atoms with Crippen molar-refractivity contribution >= 4 is 16.7 Å². The number of aromatic nitrogens is 4. The monoisotopic (exact) mass is 464 g/mol. The van der Waals surface area contributed by atoms with E-state index in [1.54, 1.807) is 0 Å². The van der Waals surface area contributed by atoms with E-state index in [1.165, 1.54) is 0 Å². The molecular formula is C26H32N4O4. The van der Waals surface area contributed by atoms with Gasteiger partial charge in [-0.2, -0.15) is 10.2 Å². The largest absolute Gasteiger partial charge is 0.490 e. The van der Waals surface area contributed by atoms with Crippen LogP contribution in [0.25, 0.3) is 22.0 Å². The van der Waals surface area contributed by atoms with Crippen LogP contribution >= 0.6 is 0 Å². The quantitative estimate of drug-likeness (QED) is 0.568. The van der Waals surface area contributed by atoms with Gasteiger partial charge in [0.2, 0.25) is 0 Å². The third kappa shape index (κ3) is 3.73. The lowest BCUT2D eigenvalue weighted by molar-refractivity contribution is -0.117. The summed E-state index contributed by atoms with van der Waals surface area (Å²) in [5.74, 6) is 1.42. The molecule has 3 aliphatic rings. The first-order chi connectivity index (χ1) is 16.5. The highest BCUT2D eigenvalue weighted by molar-refractivity contribution is 5.92. The van der Waals surface area contributed by atoms with Crippen LogP contribution in [0.5, 0.6) is 5.75 Å². The normalized spacial score (nSPS) is 27.9. The topological polar surface area (TPSA) is 80.4 Å². The number of hydrogen-bond donors (Lipinski definition) is 0. The summed E-state index contributed by atoms with van der Waals surface area (Å²) in [7, 11) is 1.95. The van der Waals surface area contributed by atoms with Crippen LogP contribution in [0.3, 0.4) is 0 Å². The Morgan fingerprint density at radius 3 is 2.91 bits per heavy atom. The van der Waals surface area contributed by atoms with Crippen LogP contribution < -0.4 is 4.74 Å². The molecule has 3 aromatic rings. The van der Waals surface area contributed by atoms with Crippen molar-refractivity contribution in [3.05, 3.63) is 30.2 Å². The summed E-state index contributed by atoms with van der Waals surface area (Å²) in [6.07, 6.45) is 8.45. The van der Waals surface area contributed by atoms with Gasteiger partial charge >= 0.3 is 0 Å². The molecule has 0 amide bonds. The van der Waals surface area contributed by atoms with Crippen molar-refractivity contribution in [1.29, 1.82) is 0 Å². The zero-order valence-electron chi connectivity index (χ0n) is 20.1. The molecular weight excluding hydrogens is 432 g/mol. The maximum absolute atomic E-state index is 11.8. The van der Waals surface area contributed by atoms with E-state index in [2.05, 4.69) is 37.3 Å². The van der Waals surface area contributed by atoms with Crippen molar-refractivity contribution in [2.75, 3.05) is 13.2 Å². The van der Waals surface area contributed by atoms with Crippen LogP contribution in [0.4, 0.5) is 0 Å². The maximum Gasteiger partial charge on any atom is 0.133 e. The molecule has 2 aliphatic heterocycles. The molecule has 3 fully saturated rings. The Labute approximate surface area is 199 Å². The molecule has 34 heavy (non-hydrogen) atoms. The Bertz CT molecular complexity index is 1230. The Hall–Kier alpha value is -2.71. The molecule has 1 aromatic carbocycles. The Morgan fingerprint density at radius 1 is 1.21 bits per heavy atom. The van der Waals surface area contributed by atoms with Gasteiger partial charge in [-0.15, -0.1) is 0 Å². The smallest absolute Gasteiger partial charge is 0.133 e. The number of nitrogens with zero attached hydrogens (tertiary/aromatic N) is 4. The number of Topliss-reactive ketones (excluding diaryl/α,β-unsaturated/α-hetero) is 1. The molecule has 5 atom stereocenters. The molecule has 0 spiro atoms. The summed E-state index contributed by atoms with van der Waals surface area (Å²) in [6.45, 7) is 5.55. The number of benzene rings is 1. The lowest BCUT2D eigenvalue weighted by atomic mass is 10.0. The third-order valence-electron chi connectivity index (χ3n) is 7.89. The zero-order chi connectivity index (χ0) is 23.4. The highest BCUT2D eigenvalue weighted by Crippen LogP contribution is 2.38. The van der Waals surface area contributed by atoms with Gasteiger partial charge in [0.25, 0.3) is 0 Å². The minimum atomic E-state index is -0.0387. The number of carbonyl (C=O) groups is 1. The average molecular weight is 465 g/mol. The molecule has 0 unspecified atom stereocenters. The predicted octanol–water partition coefficient (Wildman–Crippen LogP) is 4.00. The first-order valence-corrected chi connectivity index (χ1v) is 12.4. The second-order valence-electron chi connectivity index (χ2n) is 10.1. The van der Waals surface area contributed by atoms with Gasteiger partial charge in [0.05, 0.1) is 35.9 Å². The van der Waals surface area contributed by atoms with Gasteiger partial charge in [-0.1, -0.05) is 0 Å². The summed E-state index contributed by atoms with van der Waals surface area (Å²) in [5, 5.41) is 10.4. The highest BCUT2D eigenvalue weighted by atomic mass is 16.6. The van der Waals surface area contributed by atoms with Gasteiger partial charge in [-0.05, 0) is 50.8 Å². The first-order valence-electron chi connectivity index (χ1n) is 12.4. The number of ketones is 1. The van der Waals surface area contributed by atoms with Crippen LogP contribution in [0.2, 0.25) is 0 Å². The predicted molar refractivity (Wildman–Crippen MR) is 127 cm³/mol. The second kappa shape index (κ2) is 8.50. The Balaban J connectivity index is 1.33. The molecule has 1 aliphatic carbocycles. The molecule has 180 valence electrons. The van der Waals surface area contributed by atoms with Gasteiger partial charge in [0, 0.05) is 49.9 Å². The standard InChI is InChI=1S/C26H32N4O4/c1-15-25-21(28-29(15)3)10-18(11-24(25)34-16(2)17-6-7-20(31)9-17)19-12-27-30(13-19)22-14-33-23-5-4-8-32-26(22)23/h10-13,16-17,22-23,26H,4-9,14H2,1-3H3/t16-,17-,22+,23-,26-/m1/s1. The van der Waals surface area contributed by atoms with Gasteiger partial charge in [-0.3, -0.25) is 14.2 Å². The van der Waals surface area contributed by atoms with Crippen molar-refractivity contribution in [2.45, 2.75) is 70.3 Å². The van der Waals surface area contributed by atoms with E-state index in [4.69, 9.17) is 19.3 Å². The van der Waals surface area contributed by atoms with Crippen LogP contribution in [0.15, 0.2) is 24.5 Å². The zero-order valence-corrected chi connectivity index (χ0v) is 20.1. The molecule has 8 heteroatoms. The minimum absolute atomic E-state index is 0.0387. The molecule has 6 rings (SSSR count). The second-order valence-corrected chi connectivity index (χ2v) is 10.1. The molecule has 2 saturated heterocycles. The number of rotatable bonds is 5. The van der Waals surface area contributed by atoms with Crippen molar-refractivity contribution in [1.82, 2.24) is 19.6 Å². The van der Waals surface area contributed by atoms with Crippen LogP contribution in [-0.4, -0.2) is 56.9 Å². The number of aryl methyl sites for hydroxylation is 2. The first kappa shape index (κ1) is 21.8. The van der Waals surface area contributed by atoms with Gasteiger partial charge in [0.1, 0.15) is 23.7 Å². The lowest BCUT2D eigenvalue weighted by Crippen LogP contribution is -2.35. The van der Waals surface area contributed by atoms with Gasteiger partial charge in [-0.25, -0.2) is 0 Å². The van der Waals surface area contributed by atoms with E-state index in [1.807, 2.05) is 22.6 Å². The molecule has 2 aromatic heterocycles. The van der Waals surface area contributed by atoms with E-state index in [0.717, 1.165) is 59.3 Å². The highest BCUT2D eigenvalue weighted by Gasteiger charge is 2.41. The lowest BCUT2D eigenvalue weighted by Gasteiger charge is -2.27. The molecule has 0 bridgehead atoms. The van der Waals surface area contributed by atoms with Gasteiger partial charge < -0.3 is 14.2 Å². The van der Waals surface area contributed by atoms with Crippen LogP contribution in [0.1, 0.15) is 50.8 Å². The number of ether oxygens (including phenoxy) is 3. The number of carbonyl (C=O) groups excluding carboxylic acids is 1. The van der Waals surface area contributed by atoms with E-state index < -0.39 is 0 Å². The van der Waals surface area contributed by atoms with E-state index in [-0.39, 0.29) is 30.3 Å².